The van der Waals surface area contributed by atoms with Crippen molar-refractivity contribution in [2.75, 3.05) is 39.3 Å². The Kier molecular flexibility index (Phi) is 8.16. The SMILES string of the molecule is COc1cc(CCC(=O)NCc2ccc(N3C[C@@H](C)O[C@H](C)C3)nc2)cc(OC)c1OC. The molecule has 174 valence electrons. The van der Waals surface area contributed by atoms with Crippen LogP contribution in [0.3, 0.4) is 0 Å². The van der Waals surface area contributed by atoms with E-state index in [0.717, 1.165) is 30.0 Å². The smallest absolute Gasteiger partial charge is 0.220 e. The number of ether oxygens (including phenoxy) is 4. The number of aryl methyl sites for hydroxylation is 1. The van der Waals surface area contributed by atoms with Crippen molar-refractivity contribution in [3.05, 3.63) is 41.6 Å². The van der Waals surface area contributed by atoms with Crippen LogP contribution in [0, 0.1) is 0 Å². The number of amides is 1. The molecule has 32 heavy (non-hydrogen) atoms. The van der Waals surface area contributed by atoms with Crippen LogP contribution in [0.1, 0.15) is 31.4 Å². The highest BCUT2D eigenvalue weighted by Gasteiger charge is 2.23. The molecule has 8 heteroatoms. The highest BCUT2D eigenvalue weighted by Crippen LogP contribution is 2.38. The van der Waals surface area contributed by atoms with E-state index in [1.807, 2.05) is 30.5 Å². The summed E-state index contributed by atoms with van der Waals surface area (Å²) < 4.78 is 21.9. The molecule has 1 aromatic heterocycles. The van der Waals surface area contributed by atoms with Crippen LogP contribution in [0.15, 0.2) is 30.5 Å². The maximum absolute atomic E-state index is 12.4. The molecule has 1 saturated heterocycles. The van der Waals surface area contributed by atoms with Crippen LogP contribution in [0.5, 0.6) is 17.2 Å². The molecule has 3 rings (SSSR count). The fourth-order valence-corrected chi connectivity index (χ4v) is 3.90. The van der Waals surface area contributed by atoms with Gasteiger partial charge in [0.25, 0.3) is 0 Å². The average molecular weight is 444 g/mol. The molecule has 1 N–H and O–H groups in total. The zero-order valence-corrected chi connectivity index (χ0v) is 19.5. The van der Waals surface area contributed by atoms with Crippen LogP contribution in [0.4, 0.5) is 5.82 Å². The lowest BCUT2D eigenvalue weighted by Crippen LogP contribution is -2.45. The number of carbonyl (C=O) groups is 1. The molecule has 1 aliphatic heterocycles. The van der Waals surface area contributed by atoms with Gasteiger partial charge >= 0.3 is 0 Å². The summed E-state index contributed by atoms with van der Waals surface area (Å²) in [5.74, 6) is 2.61. The van der Waals surface area contributed by atoms with Gasteiger partial charge in [0.1, 0.15) is 5.82 Å². The van der Waals surface area contributed by atoms with Gasteiger partial charge in [0.05, 0.1) is 33.5 Å². The molecule has 0 aliphatic carbocycles. The summed E-state index contributed by atoms with van der Waals surface area (Å²) in [4.78, 5) is 19.2. The first-order valence-corrected chi connectivity index (χ1v) is 10.8. The van der Waals surface area contributed by atoms with Gasteiger partial charge in [-0.1, -0.05) is 6.07 Å². The Morgan fingerprint density at radius 3 is 2.25 bits per heavy atom. The Morgan fingerprint density at radius 1 is 1.06 bits per heavy atom. The number of hydrogen-bond acceptors (Lipinski definition) is 7. The molecule has 0 spiro atoms. The molecular weight excluding hydrogens is 410 g/mol. The third kappa shape index (κ3) is 6.03. The van der Waals surface area contributed by atoms with E-state index >= 15 is 0 Å². The molecule has 0 radical (unpaired) electrons. The van der Waals surface area contributed by atoms with E-state index in [1.54, 1.807) is 21.3 Å². The van der Waals surface area contributed by atoms with E-state index < -0.39 is 0 Å². The third-order valence-corrected chi connectivity index (χ3v) is 5.41. The van der Waals surface area contributed by atoms with E-state index in [-0.39, 0.29) is 18.1 Å². The van der Waals surface area contributed by atoms with Gasteiger partial charge in [-0.3, -0.25) is 4.79 Å². The molecule has 1 fully saturated rings. The Morgan fingerprint density at radius 2 is 1.72 bits per heavy atom. The van der Waals surface area contributed by atoms with Crippen molar-refractivity contribution < 1.29 is 23.7 Å². The molecule has 0 unspecified atom stereocenters. The lowest BCUT2D eigenvalue weighted by Gasteiger charge is -2.36. The van der Waals surface area contributed by atoms with Gasteiger partial charge in [-0.25, -0.2) is 4.98 Å². The second kappa shape index (κ2) is 11.0. The Balaban J connectivity index is 1.51. The molecule has 1 amide bonds. The lowest BCUT2D eigenvalue weighted by atomic mass is 10.1. The van der Waals surface area contributed by atoms with Crippen LogP contribution in [0.2, 0.25) is 0 Å². The minimum Gasteiger partial charge on any atom is -0.493 e. The maximum Gasteiger partial charge on any atom is 0.220 e. The number of pyridine rings is 1. The minimum atomic E-state index is -0.0290. The average Bonchev–Trinajstić information content (AvgIpc) is 2.80. The number of nitrogens with one attached hydrogen (secondary N) is 1. The van der Waals surface area contributed by atoms with Gasteiger partial charge in [-0.2, -0.15) is 0 Å². The Bertz CT molecular complexity index is 868. The molecular formula is C24H33N3O5. The van der Waals surface area contributed by atoms with Gasteiger partial charge in [0.15, 0.2) is 11.5 Å². The van der Waals surface area contributed by atoms with E-state index in [1.165, 1.54) is 0 Å². The Hall–Kier alpha value is -3.00. The first kappa shape index (κ1) is 23.7. The number of hydrogen-bond donors (Lipinski definition) is 1. The molecule has 2 atom stereocenters. The maximum atomic E-state index is 12.4. The predicted molar refractivity (Wildman–Crippen MR) is 123 cm³/mol. The lowest BCUT2D eigenvalue weighted by molar-refractivity contribution is -0.121. The van der Waals surface area contributed by atoms with Crippen molar-refractivity contribution >= 4 is 11.7 Å². The number of morpholine rings is 1. The van der Waals surface area contributed by atoms with Crippen LogP contribution < -0.4 is 24.4 Å². The van der Waals surface area contributed by atoms with Crippen LogP contribution >= 0.6 is 0 Å². The molecule has 0 bridgehead atoms. The van der Waals surface area contributed by atoms with E-state index in [9.17, 15) is 4.79 Å². The minimum absolute atomic E-state index is 0.0290. The van der Waals surface area contributed by atoms with Gasteiger partial charge in [0.2, 0.25) is 11.7 Å². The number of rotatable bonds is 9. The van der Waals surface area contributed by atoms with Crippen molar-refractivity contribution in [2.45, 2.75) is 45.4 Å². The zero-order chi connectivity index (χ0) is 23.1. The number of carbonyl (C=O) groups excluding carboxylic acids is 1. The first-order valence-electron chi connectivity index (χ1n) is 10.8. The first-order chi connectivity index (χ1) is 15.4. The summed E-state index contributed by atoms with van der Waals surface area (Å²) in [6.45, 7) is 6.25. The van der Waals surface area contributed by atoms with E-state index in [0.29, 0.717) is 36.6 Å². The molecule has 2 aromatic rings. The van der Waals surface area contributed by atoms with Gasteiger partial charge in [0, 0.05) is 32.3 Å². The third-order valence-electron chi connectivity index (χ3n) is 5.41. The predicted octanol–water partition coefficient (Wildman–Crippen LogP) is 2.97. The van der Waals surface area contributed by atoms with Gasteiger partial charge in [-0.15, -0.1) is 0 Å². The number of aromatic nitrogens is 1. The number of benzene rings is 1. The summed E-state index contributed by atoms with van der Waals surface area (Å²) in [6, 6.07) is 7.74. The second-order valence-corrected chi connectivity index (χ2v) is 8.00. The van der Waals surface area contributed by atoms with Gasteiger partial charge in [-0.05, 0) is 49.6 Å². The van der Waals surface area contributed by atoms with Crippen molar-refractivity contribution in [1.29, 1.82) is 0 Å². The fraction of sp³-hybridized carbons (Fsp3) is 0.500. The van der Waals surface area contributed by atoms with Gasteiger partial charge < -0.3 is 29.2 Å². The van der Waals surface area contributed by atoms with Crippen molar-refractivity contribution in [3.8, 4) is 17.2 Å². The summed E-state index contributed by atoms with van der Waals surface area (Å²) in [7, 11) is 4.72. The van der Waals surface area contributed by atoms with Crippen molar-refractivity contribution in [2.24, 2.45) is 0 Å². The van der Waals surface area contributed by atoms with Crippen molar-refractivity contribution in [1.82, 2.24) is 10.3 Å². The Labute approximate surface area is 189 Å². The summed E-state index contributed by atoms with van der Waals surface area (Å²) in [5, 5.41) is 2.96. The quantitative estimate of drug-likeness (QED) is 0.638. The van der Waals surface area contributed by atoms with Crippen LogP contribution in [0.25, 0.3) is 0 Å². The highest BCUT2D eigenvalue weighted by atomic mass is 16.5. The number of nitrogens with zero attached hydrogens (tertiary/aromatic N) is 2. The van der Waals surface area contributed by atoms with Crippen LogP contribution in [-0.2, 0) is 22.5 Å². The molecule has 8 nitrogen and oxygen atoms in total. The summed E-state index contributed by atoms with van der Waals surface area (Å²) in [6.07, 6.45) is 3.11. The molecule has 0 saturated carbocycles. The summed E-state index contributed by atoms with van der Waals surface area (Å²) >= 11 is 0. The zero-order valence-electron chi connectivity index (χ0n) is 19.5. The monoisotopic (exact) mass is 443 g/mol. The molecule has 1 aromatic carbocycles. The largest absolute Gasteiger partial charge is 0.493 e. The van der Waals surface area contributed by atoms with E-state index in [2.05, 4.69) is 29.0 Å². The molecule has 2 heterocycles. The van der Waals surface area contributed by atoms with Crippen LogP contribution in [-0.4, -0.2) is 57.5 Å². The number of methoxy groups -OCH3 is 3. The number of anilines is 1. The topological polar surface area (TPSA) is 82.2 Å². The molecule has 1 aliphatic rings. The van der Waals surface area contributed by atoms with Crippen molar-refractivity contribution in [3.63, 3.8) is 0 Å². The normalized spacial score (nSPS) is 18.2. The standard InChI is InChI=1S/C24H33N3O5/c1-16-14-27(15-17(2)32-16)22-8-6-19(12-25-22)13-26-23(28)9-7-18-10-20(29-3)24(31-5)21(11-18)30-4/h6,8,10-12,16-17H,7,9,13-15H2,1-5H3,(H,26,28)/t16-,17-/m1/s1. The fourth-order valence-electron chi connectivity index (χ4n) is 3.90. The second-order valence-electron chi connectivity index (χ2n) is 8.00. The van der Waals surface area contributed by atoms with E-state index in [4.69, 9.17) is 18.9 Å². The highest BCUT2D eigenvalue weighted by molar-refractivity contribution is 5.76. The summed E-state index contributed by atoms with van der Waals surface area (Å²) in [5.41, 5.74) is 1.90.